The lowest BCUT2D eigenvalue weighted by atomic mass is 9.95. The molecule has 0 saturated carbocycles. The summed E-state index contributed by atoms with van der Waals surface area (Å²) in [7, 11) is 0. The third-order valence-corrected chi connectivity index (χ3v) is 2.53. The molecule has 17 heavy (non-hydrogen) atoms. The van der Waals surface area contributed by atoms with Gasteiger partial charge in [-0.15, -0.1) is 0 Å². The Kier molecular flexibility index (Phi) is 6.93. The molecule has 0 rings (SSSR count). The molecule has 0 aromatic carbocycles. The van der Waals surface area contributed by atoms with Crippen LogP contribution < -0.4 is 5.73 Å². The van der Waals surface area contributed by atoms with Gasteiger partial charge in [-0.2, -0.15) is 10.5 Å². The van der Waals surface area contributed by atoms with Crippen LogP contribution in [0.5, 0.6) is 0 Å². The van der Waals surface area contributed by atoms with Crippen molar-refractivity contribution in [2.75, 3.05) is 13.1 Å². The van der Waals surface area contributed by atoms with Crippen LogP contribution in [0.1, 0.15) is 39.5 Å². The summed E-state index contributed by atoms with van der Waals surface area (Å²) in [6.07, 6.45) is 1.95. The number of amides is 1. The number of rotatable bonds is 7. The predicted octanol–water partition coefficient (Wildman–Crippen LogP) is 1.16. The van der Waals surface area contributed by atoms with E-state index >= 15 is 0 Å². The first-order valence-corrected chi connectivity index (χ1v) is 5.81. The van der Waals surface area contributed by atoms with Gasteiger partial charge in [0, 0.05) is 13.1 Å². The Hall–Kier alpha value is -1.59. The molecule has 0 aliphatic carbocycles. The maximum Gasteiger partial charge on any atom is 0.242 e. The standard InChI is InChI=1S/C12H20N4O/c1-3-6-12(2,15)11(17)16(9-4-7-13)10-5-8-14/h3-6,9-10,15H2,1-2H3. The van der Waals surface area contributed by atoms with E-state index in [0.717, 1.165) is 6.42 Å². The van der Waals surface area contributed by atoms with Crippen molar-refractivity contribution < 1.29 is 4.79 Å². The fourth-order valence-electron chi connectivity index (χ4n) is 1.67. The van der Waals surface area contributed by atoms with Crippen molar-refractivity contribution in [3.05, 3.63) is 0 Å². The van der Waals surface area contributed by atoms with Crippen molar-refractivity contribution in [3.8, 4) is 12.1 Å². The monoisotopic (exact) mass is 236 g/mol. The molecule has 0 bridgehead atoms. The van der Waals surface area contributed by atoms with Crippen LogP contribution in [-0.4, -0.2) is 29.4 Å². The van der Waals surface area contributed by atoms with Gasteiger partial charge in [-0.3, -0.25) is 4.79 Å². The summed E-state index contributed by atoms with van der Waals surface area (Å²) < 4.78 is 0. The fourth-order valence-corrected chi connectivity index (χ4v) is 1.67. The smallest absolute Gasteiger partial charge is 0.242 e. The Bertz CT molecular complexity index is 306. The van der Waals surface area contributed by atoms with Gasteiger partial charge in [0.1, 0.15) is 0 Å². The second-order valence-electron chi connectivity index (χ2n) is 4.28. The molecule has 0 heterocycles. The minimum absolute atomic E-state index is 0.176. The second kappa shape index (κ2) is 7.65. The Balaban J connectivity index is 4.62. The van der Waals surface area contributed by atoms with E-state index in [1.165, 1.54) is 4.90 Å². The molecular formula is C12H20N4O. The molecule has 1 unspecified atom stereocenters. The second-order valence-corrected chi connectivity index (χ2v) is 4.28. The third-order valence-electron chi connectivity index (χ3n) is 2.53. The number of carbonyl (C=O) groups excluding carboxylic acids is 1. The number of carbonyl (C=O) groups is 1. The van der Waals surface area contributed by atoms with Gasteiger partial charge < -0.3 is 10.6 Å². The maximum atomic E-state index is 12.1. The normalized spacial score (nSPS) is 13.2. The van der Waals surface area contributed by atoms with Crippen molar-refractivity contribution in [1.29, 1.82) is 10.5 Å². The molecule has 0 spiro atoms. The van der Waals surface area contributed by atoms with E-state index in [1.807, 2.05) is 19.1 Å². The maximum absolute atomic E-state index is 12.1. The average molecular weight is 236 g/mol. The van der Waals surface area contributed by atoms with E-state index in [2.05, 4.69) is 0 Å². The van der Waals surface area contributed by atoms with Gasteiger partial charge in [0.2, 0.25) is 5.91 Å². The van der Waals surface area contributed by atoms with E-state index in [1.54, 1.807) is 6.92 Å². The minimum atomic E-state index is -0.903. The van der Waals surface area contributed by atoms with Gasteiger partial charge in [0.25, 0.3) is 0 Å². The topological polar surface area (TPSA) is 93.9 Å². The first kappa shape index (κ1) is 15.4. The summed E-state index contributed by atoms with van der Waals surface area (Å²) in [5.74, 6) is -0.176. The highest BCUT2D eigenvalue weighted by molar-refractivity contribution is 5.85. The number of nitrogens with zero attached hydrogens (tertiary/aromatic N) is 3. The molecular weight excluding hydrogens is 216 g/mol. The van der Waals surface area contributed by atoms with Crippen LogP contribution >= 0.6 is 0 Å². The third kappa shape index (κ3) is 5.33. The SMILES string of the molecule is CCCC(C)(N)C(=O)N(CCC#N)CCC#N. The van der Waals surface area contributed by atoms with Gasteiger partial charge in [-0.05, 0) is 13.3 Å². The first-order chi connectivity index (χ1) is 7.99. The Morgan fingerprint density at radius 3 is 2.12 bits per heavy atom. The van der Waals surface area contributed by atoms with Crippen LogP contribution in [0.25, 0.3) is 0 Å². The van der Waals surface area contributed by atoms with Crippen molar-refractivity contribution in [3.63, 3.8) is 0 Å². The Morgan fingerprint density at radius 1 is 1.29 bits per heavy atom. The lowest BCUT2D eigenvalue weighted by Crippen LogP contribution is -2.53. The summed E-state index contributed by atoms with van der Waals surface area (Å²) in [4.78, 5) is 13.7. The molecule has 0 aliphatic rings. The molecule has 0 aromatic heterocycles. The first-order valence-electron chi connectivity index (χ1n) is 5.81. The average Bonchev–Trinajstić information content (AvgIpc) is 2.28. The van der Waals surface area contributed by atoms with E-state index < -0.39 is 5.54 Å². The molecule has 0 fully saturated rings. The molecule has 0 aliphatic heterocycles. The highest BCUT2D eigenvalue weighted by Crippen LogP contribution is 2.13. The lowest BCUT2D eigenvalue weighted by Gasteiger charge is -2.30. The highest BCUT2D eigenvalue weighted by Gasteiger charge is 2.31. The van der Waals surface area contributed by atoms with Crippen LogP contribution in [0.15, 0.2) is 0 Å². The molecule has 5 nitrogen and oxygen atoms in total. The van der Waals surface area contributed by atoms with Crippen LogP contribution in [0.2, 0.25) is 0 Å². The largest absolute Gasteiger partial charge is 0.339 e. The van der Waals surface area contributed by atoms with Gasteiger partial charge in [-0.25, -0.2) is 0 Å². The highest BCUT2D eigenvalue weighted by atomic mass is 16.2. The molecule has 1 atom stereocenters. The zero-order chi connectivity index (χ0) is 13.3. The molecule has 2 N–H and O–H groups in total. The zero-order valence-electron chi connectivity index (χ0n) is 10.6. The molecule has 0 saturated heterocycles. The molecule has 5 heteroatoms. The zero-order valence-corrected chi connectivity index (χ0v) is 10.6. The van der Waals surface area contributed by atoms with E-state index in [-0.39, 0.29) is 18.7 Å². The summed E-state index contributed by atoms with van der Waals surface area (Å²) >= 11 is 0. The van der Waals surface area contributed by atoms with Crippen molar-refractivity contribution >= 4 is 5.91 Å². The number of hydrogen-bond donors (Lipinski definition) is 1. The Labute approximate surface area is 103 Å². The summed E-state index contributed by atoms with van der Waals surface area (Å²) in [5, 5.41) is 17.1. The molecule has 1 amide bonds. The predicted molar refractivity (Wildman–Crippen MR) is 64.5 cm³/mol. The van der Waals surface area contributed by atoms with Crippen LogP contribution in [0.3, 0.4) is 0 Å². The van der Waals surface area contributed by atoms with Gasteiger partial charge >= 0.3 is 0 Å². The van der Waals surface area contributed by atoms with E-state index in [9.17, 15) is 4.79 Å². The quantitative estimate of drug-likeness (QED) is 0.717. The van der Waals surface area contributed by atoms with E-state index in [4.69, 9.17) is 16.3 Å². The number of nitriles is 2. The molecule has 0 radical (unpaired) electrons. The fraction of sp³-hybridized carbons (Fsp3) is 0.750. The summed E-state index contributed by atoms with van der Waals surface area (Å²) in [6.45, 7) is 4.35. The van der Waals surface area contributed by atoms with Gasteiger partial charge in [0.05, 0.1) is 30.5 Å². The van der Waals surface area contributed by atoms with Crippen LogP contribution in [0, 0.1) is 22.7 Å². The van der Waals surface area contributed by atoms with Crippen LogP contribution in [-0.2, 0) is 4.79 Å². The molecule has 0 aromatic rings. The van der Waals surface area contributed by atoms with Crippen LogP contribution in [0.4, 0.5) is 0 Å². The van der Waals surface area contributed by atoms with Crippen molar-refractivity contribution in [2.45, 2.75) is 45.1 Å². The van der Waals surface area contributed by atoms with Crippen molar-refractivity contribution in [1.82, 2.24) is 4.90 Å². The van der Waals surface area contributed by atoms with Crippen molar-refractivity contribution in [2.24, 2.45) is 5.73 Å². The summed E-state index contributed by atoms with van der Waals surface area (Å²) in [5.41, 5.74) is 5.06. The molecule has 94 valence electrons. The number of nitrogens with two attached hydrogens (primary N) is 1. The van der Waals surface area contributed by atoms with E-state index in [0.29, 0.717) is 19.5 Å². The van der Waals surface area contributed by atoms with Gasteiger partial charge in [0.15, 0.2) is 0 Å². The minimum Gasteiger partial charge on any atom is -0.339 e. The lowest BCUT2D eigenvalue weighted by molar-refractivity contribution is -0.136. The number of hydrogen-bond acceptors (Lipinski definition) is 4. The Morgan fingerprint density at radius 2 is 1.76 bits per heavy atom. The van der Waals surface area contributed by atoms with Gasteiger partial charge in [-0.1, -0.05) is 13.3 Å². The summed E-state index contributed by atoms with van der Waals surface area (Å²) in [6, 6.07) is 3.99.